The van der Waals surface area contributed by atoms with Gasteiger partial charge in [0, 0.05) is 24.6 Å². The van der Waals surface area contributed by atoms with Crippen molar-refractivity contribution in [1.82, 2.24) is 4.98 Å². The fourth-order valence-corrected chi connectivity index (χ4v) is 3.52. The minimum Gasteiger partial charge on any atom is -0.390 e. The topological polar surface area (TPSA) is 42.4 Å². The molecular weight excluding hydrogens is 234 g/mol. The highest BCUT2D eigenvalue weighted by Crippen LogP contribution is 2.38. The third-order valence-electron chi connectivity index (χ3n) is 3.88. The Morgan fingerprint density at radius 3 is 3.12 bits per heavy atom. The molecule has 0 aromatic carbocycles. The van der Waals surface area contributed by atoms with Gasteiger partial charge in [0.05, 0.1) is 17.2 Å². The molecule has 1 N–H and O–H groups in total. The summed E-state index contributed by atoms with van der Waals surface area (Å²) >= 11 is 1.60. The van der Waals surface area contributed by atoms with Crippen molar-refractivity contribution in [2.45, 2.75) is 50.7 Å². The number of methoxy groups -OCH3 is 1. The summed E-state index contributed by atoms with van der Waals surface area (Å²) in [4.78, 5) is 5.18. The first-order chi connectivity index (χ1) is 8.16. The van der Waals surface area contributed by atoms with E-state index in [4.69, 9.17) is 4.74 Å². The maximum Gasteiger partial charge on any atom is 0.0942 e. The van der Waals surface area contributed by atoms with Crippen LogP contribution in [0.3, 0.4) is 0 Å². The molecule has 96 valence electrons. The molecular formula is C13H21NO2S. The number of aromatic nitrogens is 1. The highest BCUT2D eigenvalue weighted by molar-refractivity contribution is 7.09. The fraction of sp³-hybridized carbons (Fsp3) is 0.769. The van der Waals surface area contributed by atoms with Crippen LogP contribution in [-0.2, 0) is 11.2 Å². The summed E-state index contributed by atoms with van der Waals surface area (Å²) in [7, 11) is 1.73. The predicted octanol–water partition coefficient (Wildman–Crippen LogP) is 2.64. The van der Waals surface area contributed by atoms with E-state index in [1.165, 1.54) is 6.42 Å². The molecule has 0 bridgehead atoms. The zero-order chi connectivity index (χ0) is 12.3. The molecule has 1 saturated carbocycles. The second kappa shape index (κ2) is 5.46. The Balaban J connectivity index is 2.06. The number of thiazole rings is 1. The van der Waals surface area contributed by atoms with Gasteiger partial charge in [-0.05, 0) is 18.8 Å². The highest BCUT2D eigenvalue weighted by Gasteiger charge is 2.41. The molecule has 2 rings (SSSR count). The van der Waals surface area contributed by atoms with Crippen LogP contribution < -0.4 is 0 Å². The lowest BCUT2D eigenvalue weighted by Crippen LogP contribution is -2.48. The summed E-state index contributed by atoms with van der Waals surface area (Å²) in [5.74, 6) is 0.639. The SMILES string of the molecule is COC1(C(O)Cc2cncs2)CCCC(C)C1. The lowest BCUT2D eigenvalue weighted by molar-refractivity contribution is -0.130. The van der Waals surface area contributed by atoms with Gasteiger partial charge >= 0.3 is 0 Å². The van der Waals surface area contributed by atoms with Crippen LogP contribution in [0.15, 0.2) is 11.7 Å². The van der Waals surface area contributed by atoms with Crippen LogP contribution in [0, 0.1) is 5.92 Å². The number of hydrogen-bond acceptors (Lipinski definition) is 4. The molecule has 3 nitrogen and oxygen atoms in total. The first-order valence-electron chi connectivity index (χ1n) is 6.27. The number of ether oxygens (including phenoxy) is 1. The summed E-state index contributed by atoms with van der Waals surface area (Å²) in [5.41, 5.74) is 1.46. The van der Waals surface area contributed by atoms with Gasteiger partial charge in [0.25, 0.3) is 0 Å². The Kier molecular flexibility index (Phi) is 4.17. The van der Waals surface area contributed by atoms with Crippen molar-refractivity contribution in [2.24, 2.45) is 5.92 Å². The fourth-order valence-electron chi connectivity index (χ4n) is 2.89. The van der Waals surface area contributed by atoms with Gasteiger partial charge in [-0.1, -0.05) is 19.8 Å². The van der Waals surface area contributed by atoms with E-state index in [1.807, 2.05) is 11.7 Å². The monoisotopic (exact) mass is 255 g/mol. The molecule has 1 heterocycles. The second-order valence-electron chi connectivity index (χ2n) is 5.16. The molecule has 0 amide bonds. The first kappa shape index (κ1) is 13.0. The average molecular weight is 255 g/mol. The molecule has 0 aliphatic heterocycles. The lowest BCUT2D eigenvalue weighted by Gasteiger charge is -2.42. The van der Waals surface area contributed by atoms with Crippen molar-refractivity contribution in [3.8, 4) is 0 Å². The Morgan fingerprint density at radius 2 is 2.53 bits per heavy atom. The highest BCUT2D eigenvalue weighted by atomic mass is 32.1. The van der Waals surface area contributed by atoms with Crippen LogP contribution in [0.25, 0.3) is 0 Å². The summed E-state index contributed by atoms with van der Waals surface area (Å²) < 4.78 is 5.69. The number of aliphatic hydroxyl groups excluding tert-OH is 1. The largest absolute Gasteiger partial charge is 0.390 e. The van der Waals surface area contributed by atoms with Crippen LogP contribution in [0.5, 0.6) is 0 Å². The van der Waals surface area contributed by atoms with E-state index in [0.717, 1.165) is 24.1 Å². The van der Waals surface area contributed by atoms with Crippen LogP contribution in [0.4, 0.5) is 0 Å². The van der Waals surface area contributed by atoms with Gasteiger partial charge in [-0.25, -0.2) is 0 Å². The van der Waals surface area contributed by atoms with Gasteiger partial charge < -0.3 is 9.84 Å². The first-order valence-corrected chi connectivity index (χ1v) is 7.15. The van der Waals surface area contributed by atoms with Gasteiger partial charge in [-0.3, -0.25) is 4.98 Å². The Bertz CT molecular complexity index is 341. The molecule has 1 aromatic heterocycles. The van der Waals surface area contributed by atoms with Gasteiger partial charge in [0.15, 0.2) is 0 Å². The summed E-state index contributed by atoms with van der Waals surface area (Å²) in [6.45, 7) is 2.24. The third kappa shape index (κ3) is 2.87. The van der Waals surface area contributed by atoms with E-state index in [0.29, 0.717) is 12.3 Å². The van der Waals surface area contributed by atoms with E-state index in [-0.39, 0.29) is 5.60 Å². The van der Waals surface area contributed by atoms with Crippen molar-refractivity contribution in [3.05, 3.63) is 16.6 Å². The maximum absolute atomic E-state index is 10.5. The van der Waals surface area contributed by atoms with E-state index in [1.54, 1.807) is 18.4 Å². The van der Waals surface area contributed by atoms with Gasteiger partial charge in [-0.2, -0.15) is 0 Å². The van der Waals surface area contributed by atoms with Gasteiger partial charge in [0.1, 0.15) is 0 Å². The molecule has 0 spiro atoms. The van der Waals surface area contributed by atoms with E-state index < -0.39 is 6.10 Å². The Labute approximate surface area is 107 Å². The maximum atomic E-state index is 10.5. The zero-order valence-electron chi connectivity index (χ0n) is 10.6. The van der Waals surface area contributed by atoms with Crippen LogP contribution >= 0.6 is 11.3 Å². The molecule has 3 atom stereocenters. The van der Waals surface area contributed by atoms with Crippen molar-refractivity contribution < 1.29 is 9.84 Å². The summed E-state index contributed by atoms with van der Waals surface area (Å²) in [6, 6.07) is 0. The quantitative estimate of drug-likeness (QED) is 0.899. The molecule has 17 heavy (non-hydrogen) atoms. The van der Waals surface area contributed by atoms with Gasteiger partial charge in [0.2, 0.25) is 0 Å². The smallest absolute Gasteiger partial charge is 0.0942 e. The van der Waals surface area contributed by atoms with Crippen LogP contribution in [0.1, 0.15) is 37.5 Å². The molecule has 1 aliphatic carbocycles. The number of aliphatic hydroxyl groups is 1. The predicted molar refractivity (Wildman–Crippen MR) is 69.2 cm³/mol. The standard InChI is InChI=1S/C13H21NO2S/c1-10-4-3-5-13(7-10,16-2)12(15)6-11-8-14-9-17-11/h8-10,12,15H,3-7H2,1-2H3. The summed E-state index contributed by atoms with van der Waals surface area (Å²) in [6.07, 6.45) is 6.40. The molecule has 1 aromatic rings. The molecule has 1 fully saturated rings. The molecule has 0 radical (unpaired) electrons. The van der Waals surface area contributed by atoms with Crippen LogP contribution in [-0.4, -0.2) is 28.9 Å². The van der Waals surface area contributed by atoms with E-state index in [2.05, 4.69) is 11.9 Å². The zero-order valence-corrected chi connectivity index (χ0v) is 11.4. The number of hydrogen-bond donors (Lipinski definition) is 1. The van der Waals surface area contributed by atoms with E-state index in [9.17, 15) is 5.11 Å². The minimum atomic E-state index is -0.421. The van der Waals surface area contributed by atoms with E-state index >= 15 is 0 Å². The normalized spacial score (nSPS) is 31.4. The summed E-state index contributed by atoms with van der Waals surface area (Å²) in [5, 5.41) is 10.5. The average Bonchev–Trinajstić information content (AvgIpc) is 2.81. The number of rotatable bonds is 4. The minimum absolute atomic E-state index is 0.346. The Morgan fingerprint density at radius 1 is 1.71 bits per heavy atom. The molecule has 1 aliphatic rings. The molecule has 0 saturated heterocycles. The molecule has 3 unspecified atom stereocenters. The third-order valence-corrected chi connectivity index (χ3v) is 4.68. The van der Waals surface area contributed by atoms with Crippen LogP contribution in [0.2, 0.25) is 0 Å². The van der Waals surface area contributed by atoms with Crippen molar-refractivity contribution in [1.29, 1.82) is 0 Å². The lowest BCUT2D eigenvalue weighted by atomic mass is 9.75. The van der Waals surface area contributed by atoms with Crippen molar-refractivity contribution >= 4 is 11.3 Å². The number of nitrogens with zero attached hydrogens (tertiary/aromatic N) is 1. The Hall–Kier alpha value is -0.450. The molecule has 4 heteroatoms. The van der Waals surface area contributed by atoms with Crippen molar-refractivity contribution in [3.63, 3.8) is 0 Å². The van der Waals surface area contributed by atoms with Crippen molar-refractivity contribution in [2.75, 3.05) is 7.11 Å². The van der Waals surface area contributed by atoms with Gasteiger partial charge in [-0.15, -0.1) is 11.3 Å². The second-order valence-corrected chi connectivity index (χ2v) is 6.13.